The molecule has 0 aliphatic carbocycles. The Hall–Kier alpha value is -2.33. The highest BCUT2D eigenvalue weighted by atomic mass is 35.5. The maximum absolute atomic E-state index is 12.2. The monoisotopic (exact) mass is 331 g/mol. The number of esters is 1. The lowest BCUT2D eigenvalue weighted by molar-refractivity contribution is -0.123. The third-order valence-corrected chi connectivity index (χ3v) is 3.63. The second-order valence-electron chi connectivity index (χ2n) is 5.36. The van der Waals surface area contributed by atoms with Crippen molar-refractivity contribution in [3.8, 4) is 0 Å². The van der Waals surface area contributed by atoms with Crippen molar-refractivity contribution in [2.45, 2.75) is 26.9 Å². The van der Waals surface area contributed by atoms with Gasteiger partial charge in [-0.1, -0.05) is 35.4 Å². The minimum absolute atomic E-state index is 0.407. The first-order valence-corrected chi connectivity index (χ1v) is 7.59. The summed E-state index contributed by atoms with van der Waals surface area (Å²) in [7, 11) is 0. The molecular formula is C18H18ClNO3. The van der Waals surface area contributed by atoms with E-state index in [2.05, 4.69) is 5.32 Å². The summed E-state index contributed by atoms with van der Waals surface area (Å²) >= 11 is 5.92. The fourth-order valence-electron chi connectivity index (χ4n) is 1.94. The van der Waals surface area contributed by atoms with Gasteiger partial charge in [0.15, 0.2) is 6.10 Å². The third-order valence-electron chi connectivity index (χ3n) is 3.40. The van der Waals surface area contributed by atoms with Gasteiger partial charge in [-0.25, -0.2) is 4.79 Å². The predicted molar refractivity (Wildman–Crippen MR) is 90.9 cm³/mol. The predicted octanol–water partition coefficient (Wildman–Crippen LogP) is 4.14. The van der Waals surface area contributed by atoms with Crippen LogP contribution in [-0.2, 0) is 9.53 Å². The molecule has 1 atom stereocenters. The molecule has 1 amide bonds. The van der Waals surface area contributed by atoms with Crippen LogP contribution in [-0.4, -0.2) is 18.0 Å². The quantitative estimate of drug-likeness (QED) is 0.857. The van der Waals surface area contributed by atoms with Crippen LogP contribution in [0.5, 0.6) is 0 Å². The molecule has 0 aliphatic rings. The van der Waals surface area contributed by atoms with Gasteiger partial charge in [0.2, 0.25) is 0 Å². The topological polar surface area (TPSA) is 55.4 Å². The van der Waals surface area contributed by atoms with Crippen LogP contribution < -0.4 is 5.32 Å². The molecule has 0 spiro atoms. The Kier molecular flexibility index (Phi) is 5.40. The molecule has 2 aromatic rings. The highest BCUT2D eigenvalue weighted by molar-refractivity contribution is 6.31. The molecule has 0 unspecified atom stereocenters. The number of ether oxygens (including phenoxy) is 1. The Bertz CT molecular complexity index is 726. The molecule has 2 aromatic carbocycles. The number of aryl methyl sites for hydroxylation is 2. The number of hydrogen-bond donors (Lipinski definition) is 1. The maximum Gasteiger partial charge on any atom is 0.338 e. The van der Waals surface area contributed by atoms with Crippen molar-refractivity contribution in [3.05, 3.63) is 64.2 Å². The van der Waals surface area contributed by atoms with Crippen molar-refractivity contribution in [2.24, 2.45) is 0 Å². The summed E-state index contributed by atoms with van der Waals surface area (Å²) in [6, 6.07) is 12.2. The van der Waals surface area contributed by atoms with Gasteiger partial charge in [0.1, 0.15) is 0 Å². The lowest BCUT2D eigenvalue weighted by Crippen LogP contribution is -2.30. The number of amides is 1. The molecule has 0 bridgehead atoms. The van der Waals surface area contributed by atoms with E-state index in [1.165, 1.54) is 6.92 Å². The van der Waals surface area contributed by atoms with E-state index in [0.717, 1.165) is 11.1 Å². The number of carbonyl (C=O) groups is 2. The minimum atomic E-state index is -0.915. The number of rotatable bonds is 4. The highest BCUT2D eigenvalue weighted by Crippen LogP contribution is 2.20. The molecule has 23 heavy (non-hydrogen) atoms. The maximum atomic E-state index is 12.2. The Morgan fingerprint density at radius 2 is 1.74 bits per heavy atom. The van der Waals surface area contributed by atoms with Crippen LogP contribution in [0.4, 0.5) is 5.69 Å². The van der Waals surface area contributed by atoms with Gasteiger partial charge in [-0.05, 0) is 50.6 Å². The summed E-state index contributed by atoms with van der Waals surface area (Å²) in [6.45, 7) is 5.31. The highest BCUT2D eigenvalue weighted by Gasteiger charge is 2.19. The molecule has 0 aliphatic heterocycles. The summed E-state index contributed by atoms with van der Waals surface area (Å²) in [6.07, 6.45) is -0.915. The van der Waals surface area contributed by atoms with Crippen molar-refractivity contribution in [2.75, 3.05) is 5.32 Å². The largest absolute Gasteiger partial charge is 0.449 e. The molecule has 0 fully saturated rings. The van der Waals surface area contributed by atoms with Crippen molar-refractivity contribution >= 4 is 29.2 Å². The fraction of sp³-hybridized carbons (Fsp3) is 0.222. The Morgan fingerprint density at radius 3 is 2.39 bits per heavy atom. The zero-order valence-corrected chi connectivity index (χ0v) is 14.0. The number of hydrogen-bond acceptors (Lipinski definition) is 3. The van der Waals surface area contributed by atoms with Gasteiger partial charge in [-0.2, -0.15) is 0 Å². The molecule has 4 nitrogen and oxygen atoms in total. The summed E-state index contributed by atoms with van der Waals surface area (Å²) in [5, 5.41) is 3.24. The summed E-state index contributed by atoms with van der Waals surface area (Å²) in [5.74, 6) is -0.939. The first-order valence-electron chi connectivity index (χ1n) is 7.21. The van der Waals surface area contributed by atoms with Crippen molar-refractivity contribution in [1.29, 1.82) is 0 Å². The van der Waals surface area contributed by atoms with Gasteiger partial charge in [0, 0.05) is 10.7 Å². The Morgan fingerprint density at radius 1 is 1.09 bits per heavy atom. The minimum Gasteiger partial charge on any atom is -0.449 e. The molecular weight excluding hydrogens is 314 g/mol. The Labute approximate surface area is 140 Å². The van der Waals surface area contributed by atoms with E-state index in [9.17, 15) is 9.59 Å². The summed E-state index contributed by atoms with van der Waals surface area (Å²) in [5.41, 5.74) is 2.93. The van der Waals surface area contributed by atoms with Crippen LogP contribution in [0.2, 0.25) is 5.02 Å². The number of nitrogens with one attached hydrogen (secondary N) is 1. The molecule has 0 aromatic heterocycles. The van der Waals surface area contributed by atoms with E-state index in [1.54, 1.807) is 30.3 Å². The SMILES string of the molecule is Cc1ccc(C(=O)O[C@H](C)C(=O)Nc2cc(Cl)ccc2C)cc1. The smallest absolute Gasteiger partial charge is 0.338 e. The van der Waals surface area contributed by atoms with E-state index in [1.807, 2.05) is 26.0 Å². The molecule has 1 N–H and O–H groups in total. The Balaban J connectivity index is 2.01. The zero-order chi connectivity index (χ0) is 17.0. The molecule has 0 saturated heterocycles. The lowest BCUT2D eigenvalue weighted by Gasteiger charge is -2.15. The van der Waals surface area contributed by atoms with Crippen molar-refractivity contribution in [3.63, 3.8) is 0 Å². The van der Waals surface area contributed by atoms with Gasteiger partial charge in [0.25, 0.3) is 5.91 Å². The van der Waals surface area contributed by atoms with E-state index in [-0.39, 0.29) is 0 Å². The van der Waals surface area contributed by atoms with Crippen LogP contribution in [0, 0.1) is 13.8 Å². The van der Waals surface area contributed by atoms with E-state index >= 15 is 0 Å². The molecule has 5 heteroatoms. The number of halogens is 1. The normalized spacial score (nSPS) is 11.7. The molecule has 0 heterocycles. The van der Waals surface area contributed by atoms with E-state index in [0.29, 0.717) is 16.3 Å². The number of carbonyl (C=O) groups excluding carboxylic acids is 2. The molecule has 0 saturated carbocycles. The van der Waals surface area contributed by atoms with E-state index < -0.39 is 18.0 Å². The standard InChI is InChI=1S/C18H18ClNO3/c1-11-4-7-14(8-5-11)18(22)23-13(3)17(21)20-16-10-15(19)9-6-12(16)2/h4-10,13H,1-3H3,(H,20,21)/t13-/m1/s1. The molecule has 2 rings (SSSR count). The number of benzene rings is 2. The second kappa shape index (κ2) is 7.29. The molecule has 0 radical (unpaired) electrons. The van der Waals surface area contributed by atoms with Crippen LogP contribution >= 0.6 is 11.6 Å². The average molecular weight is 332 g/mol. The van der Waals surface area contributed by atoms with Crippen molar-refractivity contribution < 1.29 is 14.3 Å². The van der Waals surface area contributed by atoms with Crippen LogP contribution in [0.25, 0.3) is 0 Å². The van der Waals surface area contributed by atoms with Gasteiger partial charge < -0.3 is 10.1 Å². The van der Waals surface area contributed by atoms with Crippen molar-refractivity contribution in [1.82, 2.24) is 0 Å². The van der Waals surface area contributed by atoms with Gasteiger partial charge in [0.05, 0.1) is 5.56 Å². The van der Waals surface area contributed by atoms with Gasteiger partial charge in [-0.3, -0.25) is 4.79 Å². The average Bonchev–Trinajstić information content (AvgIpc) is 2.51. The first-order chi connectivity index (χ1) is 10.9. The second-order valence-corrected chi connectivity index (χ2v) is 5.80. The zero-order valence-electron chi connectivity index (χ0n) is 13.2. The molecule has 120 valence electrons. The summed E-state index contributed by atoms with van der Waals surface area (Å²) in [4.78, 5) is 24.2. The lowest BCUT2D eigenvalue weighted by atomic mass is 10.1. The number of anilines is 1. The van der Waals surface area contributed by atoms with Gasteiger partial charge in [-0.15, -0.1) is 0 Å². The first kappa shape index (κ1) is 17.0. The van der Waals surface area contributed by atoms with Crippen LogP contribution in [0.1, 0.15) is 28.4 Å². The summed E-state index contributed by atoms with van der Waals surface area (Å²) < 4.78 is 5.20. The fourth-order valence-corrected chi connectivity index (χ4v) is 2.11. The van der Waals surface area contributed by atoms with Crippen LogP contribution in [0.15, 0.2) is 42.5 Å². The van der Waals surface area contributed by atoms with Crippen LogP contribution in [0.3, 0.4) is 0 Å². The van der Waals surface area contributed by atoms with Gasteiger partial charge >= 0.3 is 5.97 Å². The third kappa shape index (κ3) is 4.57. The van der Waals surface area contributed by atoms with E-state index in [4.69, 9.17) is 16.3 Å².